The van der Waals surface area contributed by atoms with Crippen LogP contribution in [0.4, 0.5) is 0 Å². The van der Waals surface area contributed by atoms with Crippen LogP contribution >= 0.6 is 11.3 Å². The molecule has 0 saturated heterocycles. The molecule has 1 atom stereocenters. The van der Waals surface area contributed by atoms with E-state index in [0.29, 0.717) is 6.04 Å². The summed E-state index contributed by atoms with van der Waals surface area (Å²) in [5.74, 6) is 0.731. The molecule has 17 heavy (non-hydrogen) atoms. The number of aliphatic hydroxyl groups excluding tert-OH is 1. The molecule has 0 aliphatic heterocycles. The summed E-state index contributed by atoms with van der Waals surface area (Å²) in [6.07, 6.45) is 4.21. The van der Waals surface area contributed by atoms with Gasteiger partial charge in [-0.1, -0.05) is 0 Å². The fourth-order valence-electron chi connectivity index (χ4n) is 2.51. The second kappa shape index (κ2) is 5.94. The average Bonchev–Trinajstić information content (AvgIpc) is 2.74. The molecule has 0 aromatic carbocycles. The number of hydrogen-bond donors (Lipinski definition) is 2. The molecule has 1 aromatic heterocycles. The summed E-state index contributed by atoms with van der Waals surface area (Å²) >= 11 is 1.73. The fourth-order valence-corrected chi connectivity index (χ4v) is 3.35. The predicted molar refractivity (Wildman–Crippen MR) is 71.2 cm³/mol. The number of nitrogens with one attached hydrogen (secondary N) is 1. The predicted octanol–water partition coefficient (Wildman–Crippen LogP) is 2.65. The largest absolute Gasteiger partial charge is 0.393 e. The summed E-state index contributed by atoms with van der Waals surface area (Å²) in [4.78, 5) is 5.64. The van der Waals surface area contributed by atoms with E-state index < -0.39 is 0 Å². The molecule has 1 fully saturated rings. The lowest BCUT2D eigenvalue weighted by atomic mass is 9.87. The summed E-state index contributed by atoms with van der Waals surface area (Å²) in [7, 11) is 0. The average molecular weight is 254 g/mol. The molecular formula is C13H22N2OS. The van der Waals surface area contributed by atoms with Crippen molar-refractivity contribution in [2.45, 2.75) is 51.7 Å². The second-order valence-corrected chi connectivity index (χ2v) is 5.99. The van der Waals surface area contributed by atoms with E-state index in [1.165, 1.54) is 4.88 Å². The smallest absolute Gasteiger partial charge is 0.0798 e. The van der Waals surface area contributed by atoms with Gasteiger partial charge < -0.3 is 10.4 Å². The van der Waals surface area contributed by atoms with Crippen LogP contribution < -0.4 is 5.32 Å². The highest BCUT2D eigenvalue weighted by Gasteiger charge is 2.20. The lowest BCUT2D eigenvalue weighted by molar-refractivity contribution is 0.108. The summed E-state index contributed by atoms with van der Waals surface area (Å²) in [6.45, 7) is 5.34. The van der Waals surface area contributed by atoms with E-state index >= 15 is 0 Å². The van der Waals surface area contributed by atoms with Gasteiger partial charge in [-0.05, 0) is 52.0 Å². The van der Waals surface area contributed by atoms with Crippen molar-refractivity contribution in [3.63, 3.8) is 0 Å². The number of thiazole rings is 1. The van der Waals surface area contributed by atoms with Crippen LogP contribution in [0.25, 0.3) is 0 Å². The Balaban J connectivity index is 1.77. The first kappa shape index (κ1) is 13.0. The molecule has 0 radical (unpaired) electrons. The summed E-state index contributed by atoms with van der Waals surface area (Å²) in [5.41, 5.74) is 3.06. The fraction of sp³-hybridized carbons (Fsp3) is 0.769. The quantitative estimate of drug-likeness (QED) is 0.868. The van der Waals surface area contributed by atoms with Gasteiger partial charge in [0.1, 0.15) is 0 Å². The maximum absolute atomic E-state index is 9.46. The van der Waals surface area contributed by atoms with E-state index in [1.54, 1.807) is 11.3 Å². The normalized spacial score (nSPS) is 27.0. The van der Waals surface area contributed by atoms with Crippen molar-refractivity contribution < 1.29 is 5.11 Å². The highest BCUT2D eigenvalue weighted by Crippen LogP contribution is 2.25. The molecule has 1 aliphatic rings. The molecule has 1 saturated carbocycles. The third-order valence-corrected chi connectivity index (χ3v) is 4.82. The Morgan fingerprint density at radius 1 is 1.47 bits per heavy atom. The van der Waals surface area contributed by atoms with Gasteiger partial charge in [-0.3, -0.25) is 0 Å². The van der Waals surface area contributed by atoms with Gasteiger partial charge in [0, 0.05) is 10.9 Å². The van der Waals surface area contributed by atoms with Crippen molar-refractivity contribution in [1.82, 2.24) is 10.3 Å². The van der Waals surface area contributed by atoms with Crippen LogP contribution in [0.15, 0.2) is 5.51 Å². The third-order valence-electron chi connectivity index (χ3n) is 3.70. The number of rotatable bonds is 4. The molecule has 4 heteroatoms. The first-order chi connectivity index (χ1) is 8.16. The minimum atomic E-state index is -0.0487. The minimum Gasteiger partial charge on any atom is -0.393 e. The standard InChI is InChI=1S/C13H22N2OS/c1-9(13-10(2)15-8-17-13)14-7-11-3-5-12(16)6-4-11/h8-9,11-12,14,16H,3-7H2,1-2H3. The van der Waals surface area contributed by atoms with E-state index in [4.69, 9.17) is 0 Å². The molecule has 1 heterocycles. The molecule has 0 bridgehead atoms. The zero-order valence-electron chi connectivity index (χ0n) is 10.6. The number of hydrogen-bond acceptors (Lipinski definition) is 4. The van der Waals surface area contributed by atoms with Crippen LogP contribution in [0.3, 0.4) is 0 Å². The number of aryl methyl sites for hydroxylation is 1. The van der Waals surface area contributed by atoms with Gasteiger partial charge in [0.25, 0.3) is 0 Å². The van der Waals surface area contributed by atoms with Gasteiger partial charge >= 0.3 is 0 Å². The first-order valence-corrected chi connectivity index (χ1v) is 7.36. The molecule has 2 N–H and O–H groups in total. The highest BCUT2D eigenvalue weighted by molar-refractivity contribution is 7.09. The second-order valence-electron chi connectivity index (χ2n) is 5.11. The Morgan fingerprint density at radius 2 is 2.18 bits per heavy atom. The topological polar surface area (TPSA) is 45.2 Å². The Kier molecular flexibility index (Phi) is 4.54. The van der Waals surface area contributed by atoms with Crippen LogP contribution in [0, 0.1) is 12.8 Å². The monoisotopic (exact) mass is 254 g/mol. The van der Waals surface area contributed by atoms with Crippen LogP contribution in [-0.4, -0.2) is 22.7 Å². The van der Waals surface area contributed by atoms with Gasteiger partial charge in [-0.2, -0.15) is 0 Å². The SMILES string of the molecule is Cc1ncsc1C(C)NCC1CCC(O)CC1. The number of aliphatic hydroxyl groups is 1. The van der Waals surface area contributed by atoms with E-state index in [2.05, 4.69) is 24.1 Å². The Labute approximate surface area is 107 Å². The first-order valence-electron chi connectivity index (χ1n) is 6.48. The Bertz CT molecular complexity index is 345. The number of nitrogens with zero attached hydrogens (tertiary/aromatic N) is 1. The molecule has 1 aliphatic carbocycles. The molecule has 1 aromatic rings. The van der Waals surface area contributed by atoms with Crippen molar-refractivity contribution in [3.8, 4) is 0 Å². The van der Waals surface area contributed by atoms with Crippen molar-refractivity contribution >= 4 is 11.3 Å². The highest BCUT2D eigenvalue weighted by atomic mass is 32.1. The molecule has 96 valence electrons. The van der Waals surface area contributed by atoms with E-state index in [1.807, 2.05) is 5.51 Å². The van der Waals surface area contributed by atoms with Crippen LogP contribution in [0.1, 0.15) is 49.2 Å². The van der Waals surface area contributed by atoms with Crippen molar-refractivity contribution in [1.29, 1.82) is 0 Å². The zero-order chi connectivity index (χ0) is 12.3. The van der Waals surface area contributed by atoms with Crippen molar-refractivity contribution in [3.05, 3.63) is 16.1 Å². The van der Waals surface area contributed by atoms with Crippen molar-refractivity contribution in [2.24, 2.45) is 5.92 Å². The lowest BCUT2D eigenvalue weighted by Gasteiger charge is -2.26. The number of aromatic nitrogens is 1. The van der Waals surface area contributed by atoms with Gasteiger partial charge in [0.2, 0.25) is 0 Å². The van der Waals surface area contributed by atoms with Gasteiger partial charge in [0.15, 0.2) is 0 Å². The molecule has 1 unspecified atom stereocenters. The summed E-state index contributed by atoms with van der Waals surface area (Å²) in [6, 6.07) is 0.398. The maximum atomic E-state index is 9.46. The maximum Gasteiger partial charge on any atom is 0.0798 e. The molecular weight excluding hydrogens is 232 g/mol. The summed E-state index contributed by atoms with van der Waals surface area (Å²) < 4.78 is 0. The Hall–Kier alpha value is -0.450. The molecule has 2 rings (SSSR count). The molecule has 3 nitrogen and oxygen atoms in total. The zero-order valence-corrected chi connectivity index (χ0v) is 11.5. The van der Waals surface area contributed by atoms with Crippen LogP contribution in [0.5, 0.6) is 0 Å². The minimum absolute atomic E-state index is 0.0487. The third kappa shape index (κ3) is 3.50. The van der Waals surface area contributed by atoms with Gasteiger partial charge in [-0.25, -0.2) is 4.98 Å². The van der Waals surface area contributed by atoms with Gasteiger partial charge in [0.05, 0.1) is 17.3 Å². The van der Waals surface area contributed by atoms with E-state index in [0.717, 1.165) is 43.8 Å². The molecule has 0 spiro atoms. The van der Waals surface area contributed by atoms with Crippen LogP contribution in [0.2, 0.25) is 0 Å². The summed E-state index contributed by atoms with van der Waals surface area (Å²) in [5, 5.41) is 13.1. The van der Waals surface area contributed by atoms with E-state index in [9.17, 15) is 5.11 Å². The molecule has 0 amide bonds. The van der Waals surface area contributed by atoms with Crippen molar-refractivity contribution in [2.75, 3.05) is 6.54 Å². The Morgan fingerprint density at radius 3 is 2.76 bits per heavy atom. The van der Waals surface area contributed by atoms with E-state index in [-0.39, 0.29) is 6.10 Å². The van der Waals surface area contributed by atoms with Crippen LogP contribution in [-0.2, 0) is 0 Å². The lowest BCUT2D eigenvalue weighted by Crippen LogP contribution is -2.29. The van der Waals surface area contributed by atoms with Gasteiger partial charge in [-0.15, -0.1) is 11.3 Å².